The standard InChI is InChI=1S/C21H23N3O4/c1-14-3-2-8-24(12-14)21(26)16-6-7-22-17(10-16)20(25)23-11-15-4-5-18-19(9-15)28-13-27-18/h4-7,9-10,14H,2-3,8,11-13H2,1H3,(H,23,25). The fraction of sp³-hybridized carbons (Fsp3) is 0.381. The van der Waals surface area contributed by atoms with Gasteiger partial charge in [0.1, 0.15) is 5.69 Å². The molecular weight excluding hydrogens is 358 g/mol. The third-order valence-electron chi connectivity index (χ3n) is 5.07. The average Bonchev–Trinajstić information content (AvgIpc) is 3.19. The lowest BCUT2D eigenvalue weighted by molar-refractivity contribution is 0.0683. The van der Waals surface area contributed by atoms with Crippen LogP contribution in [0.3, 0.4) is 0 Å². The molecule has 1 fully saturated rings. The van der Waals surface area contributed by atoms with Crippen molar-refractivity contribution in [2.24, 2.45) is 5.92 Å². The molecule has 2 aromatic rings. The highest BCUT2D eigenvalue weighted by atomic mass is 16.7. The van der Waals surface area contributed by atoms with Crippen molar-refractivity contribution in [2.45, 2.75) is 26.3 Å². The zero-order valence-electron chi connectivity index (χ0n) is 15.8. The lowest BCUT2D eigenvalue weighted by Gasteiger charge is -2.31. The molecule has 7 heteroatoms. The number of benzene rings is 1. The molecule has 0 bridgehead atoms. The highest BCUT2D eigenvalue weighted by molar-refractivity contribution is 5.98. The van der Waals surface area contributed by atoms with E-state index in [2.05, 4.69) is 17.2 Å². The molecule has 146 valence electrons. The third kappa shape index (κ3) is 3.93. The van der Waals surface area contributed by atoms with Crippen LogP contribution in [0, 0.1) is 5.92 Å². The molecule has 1 aromatic heterocycles. The minimum Gasteiger partial charge on any atom is -0.454 e. The molecule has 0 spiro atoms. The summed E-state index contributed by atoms with van der Waals surface area (Å²) in [6.07, 6.45) is 3.67. The van der Waals surface area contributed by atoms with Crippen molar-refractivity contribution in [3.63, 3.8) is 0 Å². The minimum atomic E-state index is -0.320. The number of hydrogen-bond acceptors (Lipinski definition) is 5. The van der Waals surface area contributed by atoms with Crippen LogP contribution in [0.4, 0.5) is 0 Å². The van der Waals surface area contributed by atoms with E-state index in [-0.39, 0.29) is 24.3 Å². The lowest BCUT2D eigenvalue weighted by atomic mass is 9.99. The molecule has 2 aliphatic heterocycles. The van der Waals surface area contributed by atoms with Gasteiger partial charge in [0.15, 0.2) is 11.5 Å². The Kier molecular flexibility index (Phi) is 5.14. The number of likely N-dealkylation sites (tertiary alicyclic amines) is 1. The number of aromatic nitrogens is 1. The third-order valence-corrected chi connectivity index (χ3v) is 5.07. The van der Waals surface area contributed by atoms with Crippen molar-refractivity contribution in [3.05, 3.63) is 53.3 Å². The van der Waals surface area contributed by atoms with Crippen molar-refractivity contribution in [1.82, 2.24) is 15.2 Å². The summed E-state index contributed by atoms with van der Waals surface area (Å²) in [5, 5.41) is 2.84. The van der Waals surface area contributed by atoms with Crippen LogP contribution >= 0.6 is 0 Å². The summed E-state index contributed by atoms with van der Waals surface area (Å²) in [5.74, 6) is 1.52. The first kappa shape index (κ1) is 18.3. The molecule has 4 rings (SSSR count). The number of fused-ring (bicyclic) bond motifs is 1. The number of ether oxygens (including phenoxy) is 2. The van der Waals surface area contributed by atoms with E-state index in [1.165, 1.54) is 6.20 Å². The van der Waals surface area contributed by atoms with Crippen LogP contribution in [0.1, 0.15) is 46.2 Å². The molecule has 1 N–H and O–H groups in total. The summed E-state index contributed by atoms with van der Waals surface area (Å²) in [6.45, 7) is 4.22. The number of pyridine rings is 1. The molecule has 28 heavy (non-hydrogen) atoms. The van der Waals surface area contributed by atoms with Gasteiger partial charge in [-0.15, -0.1) is 0 Å². The van der Waals surface area contributed by atoms with Gasteiger partial charge in [-0.05, 0) is 48.6 Å². The lowest BCUT2D eigenvalue weighted by Crippen LogP contribution is -2.39. The van der Waals surface area contributed by atoms with Gasteiger partial charge in [-0.2, -0.15) is 0 Å². The second kappa shape index (κ2) is 7.88. The first-order chi connectivity index (χ1) is 13.6. The van der Waals surface area contributed by atoms with Crippen molar-refractivity contribution in [3.8, 4) is 11.5 Å². The van der Waals surface area contributed by atoms with E-state index < -0.39 is 0 Å². The second-order valence-corrected chi connectivity index (χ2v) is 7.30. The van der Waals surface area contributed by atoms with Crippen molar-refractivity contribution in [2.75, 3.05) is 19.9 Å². The molecule has 2 amide bonds. The van der Waals surface area contributed by atoms with E-state index in [1.807, 2.05) is 23.1 Å². The fourth-order valence-corrected chi connectivity index (χ4v) is 3.57. The van der Waals surface area contributed by atoms with Crippen LogP contribution in [0.2, 0.25) is 0 Å². The van der Waals surface area contributed by atoms with Crippen molar-refractivity contribution < 1.29 is 19.1 Å². The summed E-state index contributed by atoms with van der Waals surface area (Å²) in [5.41, 5.74) is 1.63. The Hall–Kier alpha value is -3.09. The summed E-state index contributed by atoms with van der Waals surface area (Å²) in [4.78, 5) is 31.2. The highest BCUT2D eigenvalue weighted by Gasteiger charge is 2.23. The Labute approximate surface area is 163 Å². The monoisotopic (exact) mass is 381 g/mol. The Bertz CT molecular complexity index is 899. The normalized spacial score (nSPS) is 18.0. The highest BCUT2D eigenvalue weighted by Crippen LogP contribution is 2.32. The number of carbonyl (C=O) groups excluding carboxylic acids is 2. The Morgan fingerprint density at radius 1 is 1.21 bits per heavy atom. The molecule has 1 unspecified atom stereocenters. The van der Waals surface area contributed by atoms with Gasteiger partial charge in [-0.3, -0.25) is 14.6 Å². The maximum Gasteiger partial charge on any atom is 0.270 e. The molecule has 2 aliphatic rings. The Balaban J connectivity index is 1.40. The number of hydrogen-bond donors (Lipinski definition) is 1. The Morgan fingerprint density at radius 3 is 2.93 bits per heavy atom. The largest absolute Gasteiger partial charge is 0.454 e. The topological polar surface area (TPSA) is 80.8 Å². The predicted octanol–water partition coefficient (Wildman–Crippen LogP) is 2.61. The minimum absolute atomic E-state index is 0.0428. The summed E-state index contributed by atoms with van der Waals surface area (Å²) >= 11 is 0. The first-order valence-corrected chi connectivity index (χ1v) is 9.52. The molecule has 0 aliphatic carbocycles. The zero-order chi connectivity index (χ0) is 19.5. The molecule has 1 aromatic carbocycles. The van der Waals surface area contributed by atoms with Crippen LogP contribution in [-0.4, -0.2) is 41.6 Å². The van der Waals surface area contributed by atoms with Gasteiger partial charge in [0.2, 0.25) is 6.79 Å². The maximum atomic E-state index is 12.7. The summed E-state index contributed by atoms with van der Waals surface area (Å²) in [6, 6.07) is 8.76. The van der Waals surface area contributed by atoms with E-state index in [0.717, 1.165) is 31.5 Å². The molecule has 3 heterocycles. The first-order valence-electron chi connectivity index (χ1n) is 9.52. The van der Waals surface area contributed by atoms with E-state index in [0.29, 0.717) is 29.5 Å². The van der Waals surface area contributed by atoms with Gasteiger partial charge < -0.3 is 19.7 Å². The van der Waals surface area contributed by atoms with Crippen LogP contribution in [0.5, 0.6) is 11.5 Å². The number of carbonyl (C=O) groups is 2. The fourth-order valence-electron chi connectivity index (χ4n) is 3.57. The molecule has 1 saturated heterocycles. The SMILES string of the molecule is CC1CCCN(C(=O)c2ccnc(C(=O)NCc3ccc4c(c3)OCO4)c2)C1. The quantitative estimate of drug-likeness (QED) is 0.881. The zero-order valence-corrected chi connectivity index (χ0v) is 15.8. The van der Waals surface area contributed by atoms with Gasteiger partial charge in [0.05, 0.1) is 0 Å². The van der Waals surface area contributed by atoms with Crippen LogP contribution < -0.4 is 14.8 Å². The van der Waals surface area contributed by atoms with Gasteiger partial charge in [0, 0.05) is 31.4 Å². The number of piperidine rings is 1. The van der Waals surface area contributed by atoms with E-state index in [1.54, 1.807) is 12.1 Å². The van der Waals surface area contributed by atoms with Crippen molar-refractivity contribution >= 4 is 11.8 Å². The number of amides is 2. The molecule has 1 atom stereocenters. The van der Waals surface area contributed by atoms with E-state index in [9.17, 15) is 9.59 Å². The molecule has 0 radical (unpaired) electrons. The average molecular weight is 381 g/mol. The number of rotatable bonds is 4. The van der Waals surface area contributed by atoms with E-state index in [4.69, 9.17) is 9.47 Å². The van der Waals surface area contributed by atoms with Gasteiger partial charge in [0.25, 0.3) is 11.8 Å². The number of nitrogens with zero attached hydrogens (tertiary/aromatic N) is 2. The Morgan fingerprint density at radius 2 is 2.07 bits per heavy atom. The summed E-state index contributed by atoms with van der Waals surface area (Å²) in [7, 11) is 0. The number of nitrogens with one attached hydrogen (secondary N) is 1. The van der Waals surface area contributed by atoms with Gasteiger partial charge >= 0.3 is 0 Å². The molecule has 7 nitrogen and oxygen atoms in total. The van der Waals surface area contributed by atoms with Crippen molar-refractivity contribution in [1.29, 1.82) is 0 Å². The smallest absolute Gasteiger partial charge is 0.270 e. The van der Waals surface area contributed by atoms with Gasteiger partial charge in [-0.25, -0.2) is 0 Å². The second-order valence-electron chi connectivity index (χ2n) is 7.30. The predicted molar refractivity (Wildman–Crippen MR) is 102 cm³/mol. The molecule has 0 saturated carbocycles. The maximum absolute atomic E-state index is 12.7. The van der Waals surface area contributed by atoms with E-state index >= 15 is 0 Å². The van der Waals surface area contributed by atoms with Crippen LogP contribution in [0.25, 0.3) is 0 Å². The van der Waals surface area contributed by atoms with Gasteiger partial charge in [-0.1, -0.05) is 13.0 Å². The molecular formula is C21H23N3O4. The van der Waals surface area contributed by atoms with Crippen LogP contribution in [-0.2, 0) is 6.54 Å². The summed E-state index contributed by atoms with van der Waals surface area (Å²) < 4.78 is 10.6. The van der Waals surface area contributed by atoms with Crippen LogP contribution in [0.15, 0.2) is 36.5 Å².